The Balaban J connectivity index is 1.64. The second-order valence-electron chi connectivity index (χ2n) is 6.31. The zero-order valence-corrected chi connectivity index (χ0v) is 20.2. The normalized spacial score (nSPS) is 10.8. The van der Waals surface area contributed by atoms with Gasteiger partial charge in [-0.2, -0.15) is 5.10 Å². The average molecular weight is 569 g/mol. The number of benzene rings is 3. The molecule has 0 heterocycles. The molecule has 3 aromatic carbocycles. The number of rotatable bonds is 7. The third kappa shape index (κ3) is 6.22. The summed E-state index contributed by atoms with van der Waals surface area (Å²) in [6, 6.07) is 15.4. The van der Waals surface area contributed by atoms with E-state index in [1.807, 2.05) is 36.4 Å². The van der Waals surface area contributed by atoms with Gasteiger partial charge in [-0.05, 0) is 79.4 Å². The molecule has 0 radical (unpaired) electrons. The van der Waals surface area contributed by atoms with E-state index in [9.17, 15) is 9.90 Å². The molecule has 1 amide bonds. The van der Waals surface area contributed by atoms with Crippen LogP contribution < -0.4 is 14.9 Å². The van der Waals surface area contributed by atoms with Crippen molar-refractivity contribution >= 4 is 55.6 Å². The summed E-state index contributed by atoms with van der Waals surface area (Å²) < 4.78 is 12.3. The first kappa shape index (κ1) is 23.1. The molecule has 2 N–H and O–H groups in total. The molecule has 6 nitrogen and oxygen atoms in total. The zero-order valence-electron chi connectivity index (χ0n) is 16.2. The van der Waals surface area contributed by atoms with Gasteiger partial charge in [0.25, 0.3) is 5.91 Å². The predicted molar refractivity (Wildman–Crippen MR) is 127 cm³/mol. The predicted octanol–water partition coefficient (Wildman–Crippen LogP) is 5.92. The zero-order chi connectivity index (χ0) is 22.4. The number of ether oxygens (including phenoxy) is 2. The van der Waals surface area contributed by atoms with Gasteiger partial charge in [-0.1, -0.05) is 23.7 Å². The van der Waals surface area contributed by atoms with Gasteiger partial charge in [-0.15, -0.1) is 0 Å². The molecule has 0 saturated heterocycles. The van der Waals surface area contributed by atoms with Crippen LogP contribution in [-0.2, 0) is 6.61 Å². The maximum Gasteiger partial charge on any atom is 0.275 e. The molecule has 0 aliphatic heterocycles. The standard InChI is InChI=1S/C22H17Br2ClN2O4/c1-30-16-6-7-17(20(28)10-16)22(29)27-26-11-14-8-18(23)21(19(24)9-14)31-12-13-2-4-15(25)5-3-13/h2-11,28H,12H2,1H3,(H,27,29)/b26-11-. The lowest BCUT2D eigenvalue weighted by Gasteiger charge is -2.11. The second-order valence-corrected chi connectivity index (χ2v) is 8.46. The molecular formula is C22H17Br2ClN2O4. The van der Waals surface area contributed by atoms with E-state index in [4.69, 9.17) is 21.1 Å². The average Bonchev–Trinajstić information content (AvgIpc) is 2.74. The Hall–Kier alpha value is -2.55. The lowest BCUT2D eigenvalue weighted by molar-refractivity contribution is 0.0952. The summed E-state index contributed by atoms with van der Waals surface area (Å²) >= 11 is 12.9. The van der Waals surface area contributed by atoms with Crippen LogP contribution in [0.4, 0.5) is 0 Å². The number of nitrogens with one attached hydrogen (secondary N) is 1. The minimum Gasteiger partial charge on any atom is -0.507 e. The molecule has 0 bridgehead atoms. The van der Waals surface area contributed by atoms with Crippen molar-refractivity contribution < 1.29 is 19.4 Å². The van der Waals surface area contributed by atoms with E-state index in [1.54, 1.807) is 6.07 Å². The Morgan fingerprint density at radius 3 is 2.42 bits per heavy atom. The molecule has 0 saturated carbocycles. The van der Waals surface area contributed by atoms with Crippen LogP contribution in [0, 0.1) is 0 Å². The fourth-order valence-electron chi connectivity index (χ4n) is 2.58. The molecule has 0 fully saturated rings. The number of hydrazone groups is 1. The summed E-state index contributed by atoms with van der Waals surface area (Å²) in [6.45, 7) is 0.378. The summed E-state index contributed by atoms with van der Waals surface area (Å²) in [5.41, 5.74) is 4.18. The van der Waals surface area contributed by atoms with Crippen molar-refractivity contribution in [3.05, 3.63) is 85.3 Å². The smallest absolute Gasteiger partial charge is 0.275 e. The van der Waals surface area contributed by atoms with E-state index in [1.165, 1.54) is 25.5 Å². The van der Waals surface area contributed by atoms with Gasteiger partial charge in [0, 0.05) is 11.1 Å². The Morgan fingerprint density at radius 1 is 1.13 bits per heavy atom. The van der Waals surface area contributed by atoms with E-state index in [0.29, 0.717) is 23.1 Å². The summed E-state index contributed by atoms with van der Waals surface area (Å²) in [7, 11) is 1.48. The van der Waals surface area contributed by atoms with Gasteiger partial charge >= 0.3 is 0 Å². The van der Waals surface area contributed by atoms with Crippen molar-refractivity contribution in [1.82, 2.24) is 5.43 Å². The maximum absolute atomic E-state index is 12.2. The van der Waals surface area contributed by atoms with Crippen LogP contribution in [0.25, 0.3) is 0 Å². The highest BCUT2D eigenvalue weighted by Gasteiger charge is 2.12. The van der Waals surface area contributed by atoms with Gasteiger partial charge in [0.2, 0.25) is 0 Å². The minimum atomic E-state index is -0.544. The molecule has 0 unspecified atom stereocenters. The number of aromatic hydroxyl groups is 1. The summed E-state index contributed by atoms with van der Waals surface area (Å²) in [5, 5.41) is 14.6. The first-order valence-electron chi connectivity index (χ1n) is 8.94. The number of phenols is 1. The summed E-state index contributed by atoms with van der Waals surface area (Å²) in [6.07, 6.45) is 1.48. The van der Waals surface area contributed by atoms with Crippen molar-refractivity contribution in [2.45, 2.75) is 6.61 Å². The van der Waals surface area contributed by atoms with Gasteiger partial charge in [0.05, 0.1) is 27.8 Å². The Labute approximate surface area is 201 Å². The topological polar surface area (TPSA) is 80.2 Å². The highest BCUT2D eigenvalue weighted by Crippen LogP contribution is 2.35. The van der Waals surface area contributed by atoms with Crippen LogP contribution in [0.2, 0.25) is 5.02 Å². The molecule has 0 aliphatic rings. The largest absolute Gasteiger partial charge is 0.507 e. The van der Waals surface area contributed by atoms with Crippen LogP contribution >= 0.6 is 43.5 Å². The third-order valence-electron chi connectivity index (χ3n) is 4.15. The van der Waals surface area contributed by atoms with E-state index < -0.39 is 5.91 Å². The number of halogens is 3. The van der Waals surface area contributed by atoms with Crippen LogP contribution in [0.3, 0.4) is 0 Å². The van der Waals surface area contributed by atoms with E-state index >= 15 is 0 Å². The number of nitrogens with zero attached hydrogens (tertiary/aromatic N) is 1. The van der Waals surface area contributed by atoms with Gasteiger partial charge in [0.1, 0.15) is 23.9 Å². The van der Waals surface area contributed by atoms with E-state index in [0.717, 1.165) is 20.1 Å². The molecule has 0 spiro atoms. The number of hydrogen-bond donors (Lipinski definition) is 2. The molecule has 160 valence electrons. The molecule has 0 aromatic heterocycles. The quantitative estimate of drug-likeness (QED) is 0.274. The number of hydrogen-bond acceptors (Lipinski definition) is 5. The lowest BCUT2D eigenvalue weighted by Crippen LogP contribution is -2.17. The van der Waals surface area contributed by atoms with Crippen LogP contribution in [0.5, 0.6) is 17.2 Å². The van der Waals surface area contributed by atoms with E-state index in [-0.39, 0.29) is 11.3 Å². The van der Waals surface area contributed by atoms with Crippen LogP contribution in [0.15, 0.2) is 68.6 Å². The van der Waals surface area contributed by atoms with Crippen molar-refractivity contribution in [2.24, 2.45) is 5.10 Å². The van der Waals surface area contributed by atoms with Crippen LogP contribution in [-0.4, -0.2) is 24.3 Å². The monoisotopic (exact) mass is 566 g/mol. The second kappa shape index (κ2) is 10.7. The minimum absolute atomic E-state index is 0.0891. The van der Waals surface area contributed by atoms with Crippen molar-refractivity contribution in [3.8, 4) is 17.2 Å². The van der Waals surface area contributed by atoms with Gasteiger partial charge < -0.3 is 14.6 Å². The number of carbonyl (C=O) groups excluding carboxylic acids is 1. The number of phenolic OH excluding ortho intramolecular Hbond substituents is 1. The molecule has 0 atom stereocenters. The first-order chi connectivity index (χ1) is 14.9. The number of amides is 1. The first-order valence-corrected chi connectivity index (χ1v) is 10.9. The van der Waals surface area contributed by atoms with E-state index in [2.05, 4.69) is 42.4 Å². The molecule has 31 heavy (non-hydrogen) atoms. The van der Waals surface area contributed by atoms with Crippen molar-refractivity contribution in [3.63, 3.8) is 0 Å². The van der Waals surface area contributed by atoms with Gasteiger partial charge in [-0.25, -0.2) is 5.43 Å². The van der Waals surface area contributed by atoms with Crippen LogP contribution in [0.1, 0.15) is 21.5 Å². The Bertz CT molecular complexity index is 1100. The molecular weight excluding hydrogens is 552 g/mol. The molecule has 3 aromatic rings. The third-order valence-corrected chi connectivity index (χ3v) is 5.58. The van der Waals surface area contributed by atoms with Gasteiger partial charge in [-0.3, -0.25) is 4.79 Å². The molecule has 3 rings (SSSR count). The molecule has 0 aliphatic carbocycles. The Morgan fingerprint density at radius 2 is 1.81 bits per heavy atom. The number of methoxy groups -OCH3 is 1. The lowest BCUT2D eigenvalue weighted by atomic mass is 10.2. The summed E-state index contributed by atoms with van der Waals surface area (Å²) in [4.78, 5) is 12.2. The van der Waals surface area contributed by atoms with Crippen molar-refractivity contribution in [2.75, 3.05) is 7.11 Å². The molecule has 9 heteroatoms. The number of carbonyl (C=O) groups is 1. The summed E-state index contributed by atoms with van der Waals surface area (Å²) in [5.74, 6) is 0.349. The highest BCUT2D eigenvalue weighted by molar-refractivity contribution is 9.11. The highest BCUT2D eigenvalue weighted by atomic mass is 79.9. The maximum atomic E-state index is 12.2. The Kier molecular flexibility index (Phi) is 7.95. The SMILES string of the molecule is COc1ccc(C(=O)N/N=C\c2cc(Br)c(OCc3ccc(Cl)cc3)c(Br)c2)c(O)c1. The fraction of sp³-hybridized carbons (Fsp3) is 0.0909. The fourth-order valence-corrected chi connectivity index (χ4v) is 4.16. The van der Waals surface area contributed by atoms with Crippen molar-refractivity contribution in [1.29, 1.82) is 0 Å². The van der Waals surface area contributed by atoms with Gasteiger partial charge in [0.15, 0.2) is 0 Å².